The van der Waals surface area contributed by atoms with Gasteiger partial charge in [-0.25, -0.2) is 0 Å². The first-order chi connectivity index (χ1) is 9.83. The number of fused-ring (bicyclic) bond motifs is 1. The molecule has 0 saturated carbocycles. The fraction of sp³-hybridized carbons (Fsp3) is 0.467. The van der Waals surface area contributed by atoms with Crippen LogP contribution < -0.4 is 0 Å². The molecule has 3 rings (SSSR count). The molecule has 2 heterocycles. The number of rotatable bonds is 4. The Bertz CT molecular complexity index is 586. The van der Waals surface area contributed by atoms with E-state index in [9.17, 15) is 4.79 Å². The van der Waals surface area contributed by atoms with E-state index in [1.54, 1.807) is 0 Å². The molecule has 0 amide bonds. The molecule has 1 atom stereocenters. The van der Waals surface area contributed by atoms with E-state index in [1.165, 1.54) is 0 Å². The van der Waals surface area contributed by atoms with E-state index in [0.29, 0.717) is 17.9 Å². The summed E-state index contributed by atoms with van der Waals surface area (Å²) in [4.78, 5) is 11.8. The molecular weight excluding hydrogens is 258 g/mol. The summed E-state index contributed by atoms with van der Waals surface area (Å²) in [7, 11) is 0. The van der Waals surface area contributed by atoms with Crippen LogP contribution in [0.2, 0.25) is 0 Å². The minimum absolute atomic E-state index is 0.0433. The van der Waals surface area contributed by atoms with Gasteiger partial charge in [-0.3, -0.25) is 4.79 Å². The first kappa shape index (κ1) is 13.1. The first-order valence-corrected chi connectivity index (χ1v) is 6.93. The molecule has 0 N–H and O–H groups in total. The Kier molecular flexibility index (Phi) is 3.97. The van der Waals surface area contributed by atoms with Crippen molar-refractivity contribution >= 4 is 16.9 Å². The van der Waals surface area contributed by atoms with Crippen molar-refractivity contribution in [1.82, 2.24) is 5.16 Å². The number of hydrogen-bond acceptors (Lipinski definition) is 5. The van der Waals surface area contributed by atoms with E-state index < -0.39 is 0 Å². The molecule has 1 fully saturated rings. The van der Waals surface area contributed by atoms with Crippen LogP contribution in [0.5, 0.6) is 0 Å². The number of nitrogens with zero attached hydrogens (tertiary/aromatic N) is 1. The highest BCUT2D eigenvalue weighted by molar-refractivity contribution is 5.84. The molecule has 5 heteroatoms. The highest BCUT2D eigenvalue weighted by atomic mass is 16.6. The Hall–Kier alpha value is -1.88. The molecule has 1 aromatic carbocycles. The maximum atomic E-state index is 11.8. The number of ether oxygens (including phenoxy) is 2. The van der Waals surface area contributed by atoms with E-state index >= 15 is 0 Å². The summed E-state index contributed by atoms with van der Waals surface area (Å²) in [6.45, 7) is 1.09. The van der Waals surface area contributed by atoms with Crippen molar-refractivity contribution in [2.24, 2.45) is 0 Å². The Morgan fingerprint density at radius 2 is 2.25 bits per heavy atom. The summed E-state index contributed by atoms with van der Waals surface area (Å²) in [5, 5.41) is 4.78. The van der Waals surface area contributed by atoms with Crippen LogP contribution >= 0.6 is 0 Å². The van der Waals surface area contributed by atoms with E-state index in [4.69, 9.17) is 14.0 Å². The zero-order valence-corrected chi connectivity index (χ0v) is 11.2. The Balaban J connectivity index is 1.55. The SMILES string of the molecule is O=C(Cc1noc2ccccc12)OCC1CCCCO1. The lowest BCUT2D eigenvalue weighted by Crippen LogP contribution is -2.26. The third-order valence-electron chi connectivity index (χ3n) is 3.47. The fourth-order valence-corrected chi connectivity index (χ4v) is 2.38. The van der Waals surface area contributed by atoms with Gasteiger partial charge in [0.1, 0.15) is 12.3 Å². The third kappa shape index (κ3) is 2.99. The summed E-state index contributed by atoms with van der Waals surface area (Å²) in [5.41, 5.74) is 1.31. The van der Waals surface area contributed by atoms with Crippen molar-refractivity contribution in [2.75, 3.05) is 13.2 Å². The van der Waals surface area contributed by atoms with Gasteiger partial charge in [-0.05, 0) is 31.4 Å². The van der Waals surface area contributed by atoms with Gasteiger partial charge in [0.15, 0.2) is 5.58 Å². The second kappa shape index (κ2) is 6.05. The minimum Gasteiger partial charge on any atom is -0.463 e. The maximum Gasteiger partial charge on any atom is 0.312 e. The molecule has 1 saturated heterocycles. The van der Waals surface area contributed by atoms with Crippen molar-refractivity contribution in [3.05, 3.63) is 30.0 Å². The zero-order chi connectivity index (χ0) is 13.8. The monoisotopic (exact) mass is 275 g/mol. The molecule has 1 aliphatic rings. The van der Waals surface area contributed by atoms with Crippen LogP contribution in [0.25, 0.3) is 11.0 Å². The summed E-state index contributed by atoms with van der Waals surface area (Å²) in [6.07, 6.45) is 3.36. The zero-order valence-electron chi connectivity index (χ0n) is 11.2. The number of benzene rings is 1. The van der Waals surface area contributed by atoms with E-state index in [0.717, 1.165) is 31.3 Å². The molecule has 0 bridgehead atoms. The van der Waals surface area contributed by atoms with Crippen LogP contribution in [0.15, 0.2) is 28.8 Å². The lowest BCUT2D eigenvalue weighted by atomic mass is 10.1. The van der Waals surface area contributed by atoms with Gasteiger partial charge >= 0.3 is 5.97 Å². The van der Waals surface area contributed by atoms with Gasteiger partial charge < -0.3 is 14.0 Å². The quantitative estimate of drug-likeness (QED) is 0.802. The van der Waals surface area contributed by atoms with Crippen LogP contribution in [-0.4, -0.2) is 30.4 Å². The van der Waals surface area contributed by atoms with Crippen LogP contribution in [0.3, 0.4) is 0 Å². The topological polar surface area (TPSA) is 61.6 Å². The van der Waals surface area contributed by atoms with Crippen LogP contribution in [-0.2, 0) is 20.7 Å². The summed E-state index contributed by atoms with van der Waals surface area (Å²) < 4.78 is 15.9. The normalized spacial score (nSPS) is 19.1. The standard InChI is InChI=1S/C15H17NO4/c17-15(19-10-11-5-3-4-8-18-11)9-13-12-6-1-2-7-14(12)20-16-13/h1-2,6-7,11H,3-5,8-10H2. The van der Waals surface area contributed by atoms with Gasteiger partial charge in [0.25, 0.3) is 0 Å². The summed E-state index contributed by atoms with van der Waals surface area (Å²) in [6, 6.07) is 7.48. The van der Waals surface area contributed by atoms with Gasteiger partial charge in [-0.2, -0.15) is 0 Å². The predicted octanol–water partition coefficient (Wildman–Crippen LogP) is 2.48. The highest BCUT2D eigenvalue weighted by Crippen LogP contribution is 2.18. The van der Waals surface area contributed by atoms with Gasteiger partial charge in [0, 0.05) is 12.0 Å². The van der Waals surface area contributed by atoms with E-state index in [1.807, 2.05) is 24.3 Å². The first-order valence-electron chi connectivity index (χ1n) is 6.93. The second-order valence-electron chi connectivity index (χ2n) is 4.97. The van der Waals surface area contributed by atoms with Crippen molar-refractivity contribution < 1.29 is 18.8 Å². The van der Waals surface area contributed by atoms with Gasteiger partial charge in [0.2, 0.25) is 0 Å². The van der Waals surface area contributed by atoms with Gasteiger partial charge in [-0.1, -0.05) is 17.3 Å². The average molecular weight is 275 g/mol. The fourth-order valence-electron chi connectivity index (χ4n) is 2.38. The molecule has 0 radical (unpaired) electrons. The Morgan fingerprint density at radius 3 is 3.10 bits per heavy atom. The Labute approximate surface area is 116 Å². The number of esters is 1. The molecule has 5 nitrogen and oxygen atoms in total. The molecule has 1 aromatic heterocycles. The van der Waals surface area contributed by atoms with E-state index in [2.05, 4.69) is 5.16 Å². The smallest absolute Gasteiger partial charge is 0.312 e. The predicted molar refractivity (Wildman–Crippen MR) is 72.3 cm³/mol. The van der Waals surface area contributed by atoms with Gasteiger partial charge in [-0.15, -0.1) is 0 Å². The van der Waals surface area contributed by atoms with Crippen molar-refractivity contribution in [2.45, 2.75) is 31.8 Å². The third-order valence-corrected chi connectivity index (χ3v) is 3.47. The molecule has 1 unspecified atom stereocenters. The number of hydrogen-bond donors (Lipinski definition) is 0. The van der Waals surface area contributed by atoms with Crippen molar-refractivity contribution in [3.8, 4) is 0 Å². The van der Waals surface area contributed by atoms with E-state index in [-0.39, 0.29) is 18.5 Å². The number of carbonyl (C=O) groups excluding carboxylic acids is 1. The van der Waals surface area contributed by atoms with Crippen LogP contribution in [0, 0.1) is 0 Å². The van der Waals surface area contributed by atoms with Crippen molar-refractivity contribution in [1.29, 1.82) is 0 Å². The molecule has 0 spiro atoms. The minimum atomic E-state index is -0.293. The number of para-hydroxylation sites is 1. The molecule has 2 aromatic rings. The Morgan fingerprint density at radius 1 is 1.35 bits per heavy atom. The maximum absolute atomic E-state index is 11.8. The summed E-state index contributed by atoms with van der Waals surface area (Å²) >= 11 is 0. The molecule has 1 aliphatic heterocycles. The molecule has 0 aliphatic carbocycles. The van der Waals surface area contributed by atoms with Crippen LogP contribution in [0.4, 0.5) is 0 Å². The number of aromatic nitrogens is 1. The molecule has 20 heavy (non-hydrogen) atoms. The molecular formula is C15H17NO4. The lowest BCUT2D eigenvalue weighted by molar-refractivity contribution is -0.148. The van der Waals surface area contributed by atoms with Crippen LogP contribution in [0.1, 0.15) is 25.0 Å². The van der Waals surface area contributed by atoms with Crippen molar-refractivity contribution in [3.63, 3.8) is 0 Å². The summed E-state index contributed by atoms with van der Waals surface area (Å²) in [5.74, 6) is -0.293. The molecule has 106 valence electrons. The number of carbonyl (C=O) groups is 1. The highest BCUT2D eigenvalue weighted by Gasteiger charge is 2.17. The lowest BCUT2D eigenvalue weighted by Gasteiger charge is -2.21. The largest absolute Gasteiger partial charge is 0.463 e. The average Bonchev–Trinajstić information content (AvgIpc) is 2.90. The second-order valence-corrected chi connectivity index (χ2v) is 4.97. The van der Waals surface area contributed by atoms with Gasteiger partial charge in [0.05, 0.1) is 12.5 Å².